The van der Waals surface area contributed by atoms with E-state index in [1.54, 1.807) is 6.08 Å². The Kier molecular flexibility index (Phi) is 6.89. The van der Waals surface area contributed by atoms with Crippen molar-refractivity contribution >= 4 is 65.7 Å². The molecular formula is C20H16Br3NO3. The van der Waals surface area contributed by atoms with Crippen molar-refractivity contribution < 1.29 is 14.3 Å². The maximum Gasteiger partial charge on any atom is 0.363 e. The highest BCUT2D eigenvalue weighted by molar-refractivity contribution is 9.11. The first-order valence-electron chi connectivity index (χ1n) is 8.39. The first-order chi connectivity index (χ1) is 13.0. The first-order valence-corrected chi connectivity index (χ1v) is 10.8. The van der Waals surface area contributed by atoms with Crippen molar-refractivity contribution in [3.05, 3.63) is 66.6 Å². The van der Waals surface area contributed by atoms with Crippen LogP contribution in [0, 0.1) is 0 Å². The molecular weight excluding hydrogens is 542 g/mol. The quantitative estimate of drug-likeness (QED) is 0.231. The van der Waals surface area contributed by atoms with E-state index in [1.165, 1.54) is 0 Å². The number of rotatable bonds is 6. The molecule has 0 aliphatic carbocycles. The Morgan fingerprint density at radius 1 is 1.11 bits per heavy atom. The van der Waals surface area contributed by atoms with Gasteiger partial charge in [-0.05, 0) is 90.1 Å². The molecule has 1 heterocycles. The number of hydrogen-bond acceptors (Lipinski definition) is 4. The van der Waals surface area contributed by atoms with Crippen LogP contribution < -0.4 is 4.74 Å². The highest BCUT2D eigenvalue weighted by Crippen LogP contribution is 2.36. The second-order valence-electron chi connectivity index (χ2n) is 5.83. The molecule has 0 amide bonds. The molecule has 0 aromatic heterocycles. The maximum absolute atomic E-state index is 12.2. The van der Waals surface area contributed by atoms with Crippen LogP contribution in [0.4, 0.5) is 0 Å². The number of carbonyl (C=O) groups is 1. The molecule has 0 fully saturated rings. The molecule has 1 aliphatic rings. The molecule has 4 nitrogen and oxygen atoms in total. The third-order valence-electron chi connectivity index (χ3n) is 3.79. The van der Waals surface area contributed by atoms with Gasteiger partial charge in [-0.3, -0.25) is 0 Å². The lowest BCUT2D eigenvalue weighted by Gasteiger charge is -2.11. The Morgan fingerprint density at radius 3 is 2.48 bits per heavy atom. The van der Waals surface area contributed by atoms with E-state index in [0.717, 1.165) is 43.1 Å². The zero-order valence-corrected chi connectivity index (χ0v) is 19.2. The van der Waals surface area contributed by atoms with Crippen LogP contribution in [0.2, 0.25) is 0 Å². The van der Waals surface area contributed by atoms with E-state index in [-0.39, 0.29) is 11.6 Å². The molecule has 1 aliphatic heterocycles. The topological polar surface area (TPSA) is 47.9 Å². The summed E-state index contributed by atoms with van der Waals surface area (Å²) in [6, 6.07) is 11.2. The van der Waals surface area contributed by atoms with Gasteiger partial charge in [-0.2, -0.15) is 0 Å². The molecule has 0 atom stereocenters. The van der Waals surface area contributed by atoms with Crippen molar-refractivity contribution in [3.8, 4) is 5.75 Å². The van der Waals surface area contributed by atoms with Crippen LogP contribution >= 0.6 is 47.8 Å². The maximum atomic E-state index is 12.2. The molecule has 2 aromatic carbocycles. The lowest BCUT2D eigenvalue weighted by Crippen LogP contribution is -2.05. The summed E-state index contributed by atoms with van der Waals surface area (Å²) in [6.07, 6.45) is 3.75. The number of nitrogens with zero attached hydrogens (tertiary/aromatic N) is 1. The van der Waals surface area contributed by atoms with Gasteiger partial charge in [0.25, 0.3) is 0 Å². The Morgan fingerprint density at radius 2 is 1.81 bits per heavy atom. The van der Waals surface area contributed by atoms with Gasteiger partial charge < -0.3 is 9.47 Å². The summed E-state index contributed by atoms with van der Waals surface area (Å²) in [5, 5.41) is 0. The van der Waals surface area contributed by atoms with Crippen molar-refractivity contribution in [3.63, 3.8) is 0 Å². The molecule has 0 bridgehead atoms. The largest absolute Gasteiger partial charge is 0.491 e. The van der Waals surface area contributed by atoms with Gasteiger partial charge in [-0.1, -0.05) is 25.5 Å². The van der Waals surface area contributed by atoms with Crippen LogP contribution in [-0.2, 0) is 9.53 Å². The van der Waals surface area contributed by atoms with Crippen molar-refractivity contribution in [2.75, 3.05) is 6.61 Å². The molecule has 0 radical (unpaired) electrons. The van der Waals surface area contributed by atoms with E-state index in [0.29, 0.717) is 6.61 Å². The Hall–Kier alpha value is -1.44. The van der Waals surface area contributed by atoms with E-state index < -0.39 is 5.97 Å². The van der Waals surface area contributed by atoms with Gasteiger partial charge in [0.1, 0.15) is 5.75 Å². The molecule has 27 heavy (non-hydrogen) atoms. The molecule has 0 unspecified atom stereocenters. The van der Waals surface area contributed by atoms with Gasteiger partial charge in [0.15, 0.2) is 5.70 Å². The summed E-state index contributed by atoms with van der Waals surface area (Å²) in [5.74, 6) is 0.560. The number of cyclic esters (lactones) is 1. The summed E-state index contributed by atoms with van der Waals surface area (Å²) in [7, 11) is 0. The molecule has 2 aromatic rings. The van der Waals surface area contributed by atoms with Gasteiger partial charge in [-0.25, -0.2) is 9.79 Å². The predicted molar refractivity (Wildman–Crippen MR) is 117 cm³/mol. The third-order valence-corrected chi connectivity index (χ3v) is 5.66. The lowest BCUT2D eigenvalue weighted by molar-refractivity contribution is -0.129. The highest BCUT2D eigenvalue weighted by Gasteiger charge is 2.25. The van der Waals surface area contributed by atoms with Gasteiger partial charge in [0, 0.05) is 4.47 Å². The number of aliphatic imine (C=N–C) groups is 1. The van der Waals surface area contributed by atoms with Gasteiger partial charge in [-0.15, -0.1) is 0 Å². The minimum atomic E-state index is -0.476. The Bertz CT molecular complexity index is 915. The summed E-state index contributed by atoms with van der Waals surface area (Å²) >= 11 is 10.5. The molecule has 0 N–H and O–H groups in total. The van der Waals surface area contributed by atoms with Gasteiger partial charge in [0.05, 0.1) is 21.1 Å². The number of hydrogen-bond donors (Lipinski definition) is 0. The van der Waals surface area contributed by atoms with Crippen molar-refractivity contribution in [2.45, 2.75) is 19.8 Å². The average Bonchev–Trinajstić information content (AvgIpc) is 2.98. The SMILES string of the molecule is CCCCOc1c(Br)cc(/C=C2\N=C(c3ccccc3Br)OC2=O)cc1Br. The molecule has 0 spiro atoms. The number of ether oxygens (including phenoxy) is 2. The normalized spacial score (nSPS) is 15.0. The minimum Gasteiger partial charge on any atom is -0.491 e. The van der Waals surface area contributed by atoms with E-state index in [4.69, 9.17) is 9.47 Å². The second kappa shape index (κ2) is 9.17. The van der Waals surface area contributed by atoms with E-state index in [2.05, 4.69) is 59.7 Å². The number of carbonyl (C=O) groups excluding carboxylic acids is 1. The smallest absolute Gasteiger partial charge is 0.363 e. The molecule has 0 saturated carbocycles. The molecule has 140 valence electrons. The monoisotopic (exact) mass is 555 g/mol. The number of esters is 1. The zero-order valence-electron chi connectivity index (χ0n) is 14.5. The zero-order chi connectivity index (χ0) is 19.4. The summed E-state index contributed by atoms with van der Waals surface area (Å²) < 4.78 is 13.6. The van der Waals surface area contributed by atoms with Crippen molar-refractivity contribution in [1.82, 2.24) is 0 Å². The van der Waals surface area contributed by atoms with E-state index in [1.807, 2.05) is 36.4 Å². The van der Waals surface area contributed by atoms with Crippen LogP contribution in [-0.4, -0.2) is 18.5 Å². The molecule has 3 rings (SSSR count). The first kappa shape index (κ1) is 20.3. The van der Waals surface area contributed by atoms with Crippen LogP contribution in [0.1, 0.15) is 30.9 Å². The summed E-state index contributed by atoms with van der Waals surface area (Å²) in [5.41, 5.74) is 1.79. The van der Waals surface area contributed by atoms with Crippen molar-refractivity contribution in [1.29, 1.82) is 0 Å². The molecule has 7 heteroatoms. The van der Waals surface area contributed by atoms with Crippen LogP contribution in [0.3, 0.4) is 0 Å². The number of benzene rings is 2. The molecule has 0 saturated heterocycles. The number of halogens is 3. The fourth-order valence-electron chi connectivity index (χ4n) is 2.44. The third kappa shape index (κ3) is 4.89. The van der Waals surface area contributed by atoms with E-state index in [9.17, 15) is 4.79 Å². The second-order valence-corrected chi connectivity index (χ2v) is 8.39. The van der Waals surface area contributed by atoms with Crippen LogP contribution in [0.5, 0.6) is 5.75 Å². The van der Waals surface area contributed by atoms with Crippen molar-refractivity contribution in [2.24, 2.45) is 4.99 Å². The Labute approximate surface area is 183 Å². The van der Waals surface area contributed by atoms with Gasteiger partial charge in [0.2, 0.25) is 5.90 Å². The standard InChI is InChI=1S/C20H16Br3NO3/c1-2-3-8-26-18-15(22)9-12(10-16(18)23)11-17-20(25)27-19(24-17)13-6-4-5-7-14(13)21/h4-7,9-11H,2-3,8H2,1H3/b17-11-. The minimum absolute atomic E-state index is 0.249. The number of unbranched alkanes of at least 4 members (excludes halogenated alkanes) is 1. The summed E-state index contributed by atoms with van der Waals surface area (Å²) in [6.45, 7) is 2.77. The predicted octanol–water partition coefficient (Wildman–Crippen LogP) is 6.50. The fourth-order valence-corrected chi connectivity index (χ4v) is 4.34. The Balaban J connectivity index is 1.88. The van der Waals surface area contributed by atoms with Crippen LogP contribution in [0.15, 0.2) is 60.5 Å². The van der Waals surface area contributed by atoms with E-state index >= 15 is 0 Å². The fraction of sp³-hybridized carbons (Fsp3) is 0.200. The highest BCUT2D eigenvalue weighted by atomic mass is 79.9. The summed E-state index contributed by atoms with van der Waals surface area (Å²) in [4.78, 5) is 16.6. The lowest BCUT2D eigenvalue weighted by atomic mass is 10.2. The van der Waals surface area contributed by atoms with Gasteiger partial charge >= 0.3 is 5.97 Å². The average molecular weight is 558 g/mol. The van der Waals surface area contributed by atoms with Crippen LogP contribution in [0.25, 0.3) is 6.08 Å².